The van der Waals surface area contributed by atoms with E-state index in [1.165, 1.54) is 36.7 Å². The van der Waals surface area contributed by atoms with Gasteiger partial charge in [0.25, 0.3) is 5.91 Å². The van der Waals surface area contributed by atoms with E-state index in [9.17, 15) is 4.79 Å². The Bertz CT molecular complexity index is 898. The number of amides is 1. The number of aliphatic imine (C=N–C) groups is 1. The van der Waals surface area contributed by atoms with Gasteiger partial charge in [-0.25, -0.2) is 4.99 Å². The Kier molecular flexibility index (Phi) is 5.67. The van der Waals surface area contributed by atoms with Crippen molar-refractivity contribution in [2.75, 3.05) is 25.1 Å². The number of benzene rings is 2. The number of carbonyl (C=O) groups is 1. The number of ether oxygens (including phenoxy) is 1. The number of carbonyl (C=O) groups excluding carboxylic acids is 1. The summed E-state index contributed by atoms with van der Waals surface area (Å²) in [6.45, 7) is 2.26. The molecule has 0 atom stereocenters. The minimum Gasteiger partial charge on any atom is -0.497 e. The molecule has 0 bridgehead atoms. The molecule has 2 fully saturated rings. The average Bonchev–Trinajstić information content (AvgIpc) is 3.08. The van der Waals surface area contributed by atoms with Crippen LogP contribution >= 0.6 is 11.8 Å². The zero-order valence-corrected chi connectivity index (χ0v) is 16.7. The Balaban J connectivity index is 1.45. The van der Waals surface area contributed by atoms with Gasteiger partial charge < -0.3 is 15.0 Å². The number of piperidine rings is 1. The molecule has 0 aliphatic carbocycles. The third-order valence-electron chi connectivity index (χ3n) is 4.87. The Morgan fingerprint density at radius 2 is 1.75 bits per heavy atom. The smallest absolute Gasteiger partial charge is 0.264 e. The maximum atomic E-state index is 12.3. The molecule has 4 rings (SSSR count). The van der Waals surface area contributed by atoms with Crippen LogP contribution in [-0.4, -0.2) is 31.3 Å². The van der Waals surface area contributed by atoms with Crippen molar-refractivity contribution in [2.45, 2.75) is 19.3 Å². The van der Waals surface area contributed by atoms with E-state index in [4.69, 9.17) is 4.74 Å². The van der Waals surface area contributed by atoms with Crippen LogP contribution in [0.3, 0.4) is 0 Å². The van der Waals surface area contributed by atoms with Crippen LogP contribution in [0.15, 0.2) is 58.4 Å². The lowest BCUT2D eigenvalue weighted by molar-refractivity contribution is -0.115. The first-order chi connectivity index (χ1) is 13.7. The fourth-order valence-corrected chi connectivity index (χ4v) is 4.18. The summed E-state index contributed by atoms with van der Waals surface area (Å²) < 4.78 is 5.15. The number of amidine groups is 1. The molecule has 144 valence electrons. The molecule has 2 heterocycles. The second kappa shape index (κ2) is 8.52. The Morgan fingerprint density at radius 3 is 2.43 bits per heavy atom. The van der Waals surface area contributed by atoms with Gasteiger partial charge in [0.05, 0.1) is 17.7 Å². The molecular formula is C22H23N3O2S. The average molecular weight is 394 g/mol. The lowest BCUT2D eigenvalue weighted by atomic mass is 10.1. The van der Waals surface area contributed by atoms with Crippen molar-refractivity contribution < 1.29 is 9.53 Å². The SMILES string of the molecule is COc1ccc(N=C2NC(=O)/C(=C/c3ccc(N4CCCCC4)cc3)S2)cc1. The van der Waals surface area contributed by atoms with E-state index in [0.717, 1.165) is 30.1 Å². The first-order valence-electron chi connectivity index (χ1n) is 9.50. The summed E-state index contributed by atoms with van der Waals surface area (Å²) in [5, 5.41) is 3.42. The van der Waals surface area contributed by atoms with Gasteiger partial charge in [0.1, 0.15) is 5.75 Å². The van der Waals surface area contributed by atoms with Crippen LogP contribution in [0.5, 0.6) is 5.75 Å². The zero-order chi connectivity index (χ0) is 19.3. The monoisotopic (exact) mass is 393 g/mol. The molecule has 0 saturated carbocycles. The van der Waals surface area contributed by atoms with Gasteiger partial charge >= 0.3 is 0 Å². The third-order valence-corrected chi connectivity index (χ3v) is 5.78. The summed E-state index contributed by atoms with van der Waals surface area (Å²) in [6.07, 6.45) is 5.77. The molecule has 0 unspecified atom stereocenters. The molecule has 0 aromatic heterocycles. The van der Waals surface area contributed by atoms with Gasteiger partial charge in [-0.3, -0.25) is 4.79 Å². The number of nitrogens with zero attached hydrogens (tertiary/aromatic N) is 2. The molecule has 1 amide bonds. The van der Waals surface area contributed by atoms with Crippen molar-refractivity contribution in [3.8, 4) is 5.75 Å². The van der Waals surface area contributed by atoms with Crippen LogP contribution in [0.2, 0.25) is 0 Å². The summed E-state index contributed by atoms with van der Waals surface area (Å²) in [5.41, 5.74) is 3.05. The Labute approximate surface area is 169 Å². The largest absolute Gasteiger partial charge is 0.497 e. The van der Waals surface area contributed by atoms with Gasteiger partial charge in [0, 0.05) is 18.8 Å². The minimum atomic E-state index is -0.114. The molecule has 2 saturated heterocycles. The fraction of sp³-hybridized carbons (Fsp3) is 0.273. The normalized spacial score (nSPS) is 19.9. The Hall–Kier alpha value is -2.73. The van der Waals surface area contributed by atoms with Crippen molar-refractivity contribution in [1.29, 1.82) is 0 Å². The number of anilines is 1. The first kappa shape index (κ1) is 18.6. The summed E-state index contributed by atoms with van der Waals surface area (Å²) in [7, 11) is 1.63. The van der Waals surface area contributed by atoms with Crippen molar-refractivity contribution in [1.82, 2.24) is 5.32 Å². The summed E-state index contributed by atoms with van der Waals surface area (Å²) in [6, 6.07) is 15.8. The topological polar surface area (TPSA) is 53.9 Å². The quantitative estimate of drug-likeness (QED) is 0.773. The van der Waals surface area contributed by atoms with Crippen LogP contribution in [0.25, 0.3) is 6.08 Å². The molecule has 2 aromatic carbocycles. The maximum absolute atomic E-state index is 12.3. The highest BCUT2D eigenvalue weighted by Gasteiger charge is 2.23. The van der Waals surface area contributed by atoms with Crippen molar-refractivity contribution in [2.24, 2.45) is 4.99 Å². The number of thioether (sulfide) groups is 1. The standard InChI is InChI=1S/C22H23N3O2S/c1-27-19-11-7-17(8-12-19)23-22-24-21(26)20(28-22)15-16-5-9-18(10-6-16)25-13-3-2-4-14-25/h5-12,15H,2-4,13-14H2,1H3,(H,23,24,26)/b20-15-. The molecule has 2 aliphatic heterocycles. The second-order valence-electron chi connectivity index (χ2n) is 6.82. The van der Waals surface area contributed by atoms with E-state index in [-0.39, 0.29) is 5.91 Å². The number of rotatable bonds is 4. The maximum Gasteiger partial charge on any atom is 0.264 e. The fourth-order valence-electron chi connectivity index (χ4n) is 3.34. The van der Waals surface area contributed by atoms with Crippen molar-refractivity contribution in [3.05, 3.63) is 59.0 Å². The van der Waals surface area contributed by atoms with Crippen LogP contribution in [-0.2, 0) is 4.79 Å². The Morgan fingerprint density at radius 1 is 1.04 bits per heavy atom. The number of nitrogens with one attached hydrogen (secondary N) is 1. The predicted molar refractivity (Wildman–Crippen MR) is 116 cm³/mol. The van der Waals surface area contributed by atoms with Crippen LogP contribution in [0, 0.1) is 0 Å². The summed E-state index contributed by atoms with van der Waals surface area (Å²) >= 11 is 1.36. The molecule has 6 heteroatoms. The number of methoxy groups -OCH3 is 1. The molecule has 5 nitrogen and oxygen atoms in total. The van der Waals surface area contributed by atoms with E-state index in [2.05, 4.69) is 39.5 Å². The highest BCUT2D eigenvalue weighted by atomic mass is 32.2. The lowest BCUT2D eigenvalue weighted by Crippen LogP contribution is -2.29. The van der Waals surface area contributed by atoms with E-state index in [1.54, 1.807) is 7.11 Å². The first-order valence-corrected chi connectivity index (χ1v) is 10.3. The number of hydrogen-bond donors (Lipinski definition) is 1. The van der Waals surface area contributed by atoms with Gasteiger partial charge in [0.2, 0.25) is 0 Å². The molecule has 2 aliphatic rings. The minimum absolute atomic E-state index is 0.114. The van der Waals surface area contributed by atoms with Gasteiger partial charge in [-0.15, -0.1) is 0 Å². The van der Waals surface area contributed by atoms with E-state index in [0.29, 0.717) is 10.1 Å². The molecule has 0 spiro atoms. The van der Waals surface area contributed by atoms with E-state index in [1.807, 2.05) is 30.3 Å². The van der Waals surface area contributed by atoms with Crippen LogP contribution in [0.1, 0.15) is 24.8 Å². The third kappa shape index (κ3) is 4.39. The van der Waals surface area contributed by atoms with Crippen LogP contribution < -0.4 is 15.0 Å². The van der Waals surface area contributed by atoms with Gasteiger partial charge in [0.15, 0.2) is 5.17 Å². The summed E-state index contributed by atoms with van der Waals surface area (Å²) in [5.74, 6) is 0.665. The van der Waals surface area contributed by atoms with Crippen molar-refractivity contribution >= 4 is 40.3 Å². The van der Waals surface area contributed by atoms with Crippen molar-refractivity contribution in [3.63, 3.8) is 0 Å². The molecular weight excluding hydrogens is 370 g/mol. The molecule has 28 heavy (non-hydrogen) atoms. The van der Waals surface area contributed by atoms with Gasteiger partial charge in [-0.2, -0.15) is 0 Å². The molecule has 2 aromatic rings. The molecule has 1 N–H and O–H groups in total. The zero-order valence-electron chi connectivity index (χ0n) is 15.9. The summed E-state index contributed by atoms with van der Waals surface area (Å²) in [4.78, 5) is 19.9. The number of hydrogen-bond acceptors (Lipinski definition) is 5. The van der Waals surface area contributed by atoms with Gasteiger partial charge in [-0.05, 0) is 79.1 Å². The van der Waals surface area contributed by atoms with E-state index >= 15 is 0 Å². The predicted octanol–water partition coefficient (Wildman–Crippen LogP) is 4.58. The lowest BCUT2D eigenvalue weighted by Gasteiger charge is -2.28. The highest BCUT2D eigenvalue weighted by molar-refractivity contribution is 8.18. The highest BCUT2D eigenvalue weighted by Crippen LogP contribution is 2.29. The van der Waals surface area contributed by atoms with Crippen LogP contribution in [0.4, 0.5) is 11.4 Å². The van der Waals surface area contributed by atoms with E-state index < -0.39 is 0 Å². The van der Waals surface area contributed by atoms with Gasteiger partial charge in [-0.1, -0.05) is 12.1 Å². The second-order valence-corrected chi connectivity index (χ2v) is 7.85. The molecule has 0 radical (unpaired) electrons.